The van der Waals surface area contributed by atoms with E-state index in [0.29, 0.717) is 0 Å². The molecule has 0 aromatic rings. The summed E-state index contributed by atoms with van der Waals surface area (Å²) in [5.74, 6) is -1.02. The molecule has 0 spiro atoms. The van der Waals surface area contributed by atoms with Gasteiger partial charge in [0.25, 0.3) is 0 Å². The number of nitrogens with two attached hydrogens (primary N) is 1. The SMILES string of the molecule is CC(C)NC(CN1C(=O)CCC1=O)C(N)=O. The fourth-order valence-corrected chi connectivity index (χ4v) is 1.64. The van der Waals surface area contributed by atoms with Crippen LogP contribution in [0.1, 0.15) is 26.7 Å². The van der Waals surface area contributed by atoms with Crippen LogP contribution in [0.4, 0.5) is 0 Å². The number of primary amides is 1. The number of rotatable bonds is 5. The third-order valence-corrected chi connectivity index (χ3v) is 2.40. The van der Waals surface area contributed by atoms with E-state index in [4.69, 9.17) is 5.73 Å². The molecule has 1 atom stereocenters. The molecule has 0 aromatic heterocycles. The summed E-state index contributed by atoms with van der Waals surface area (Å²) in [6.45, 7) is 3.76. The fourth-order valence-electron chi connectivity index (χ4n) is 1.64. The maximum absolute atomic E-state index is 11.4. The summed E-state index contributed by atoms with van der Waals surface area (Å²) in [5.41, 5.74) is 5.20. The lowest BCUT2D eigenvalue weighted by Gasteiger charge is -2.22. The predicted molar refractivity (Wildman–Crippen MR) is 57.2 cm³/mol. The van der Waals surface area contributed by atoms with Crippen LogP contribution in [0, 0.1) is 0 Å². The highest BCUT2D eigenvalue weighted by Gasteiger charge is 2.32. The number of nitrogens with zero attached hydrogens (tertiary/aromatic N) is 1. The van der Waals surface area contributed by atoms with Crippen molar-refractivity contribution in [1.29, 1.82) is 0 Å². The first-order valence-electron chi connectivity index (χ1n) is 5.30. The highest BCUT2D eigenvalue weighted by Crippen LogP contribution is 2.12. The molecule has 0 saturated carbocycles. The summed E-state index contributed by atoms with van der Waals surface area (Å²) in [6, 6.07) is -0.615. The van der Waals surface area contributed by atoms with Crippen molar-refractivity contribution in [3.63, 3.8) is 0 Å². The van der Waals surface area contributed by atoms with E-state index in [1.807, 2.05) is 13.8 Å². The van der Waals surface area contributed by atoms with Gasteiger partial charge in [-0.2, -0.15) is 0 Å². The predicted octanol–water partition coefficient (Wildman–Crippen LogP) is -1.01. The Morgan fingerprint density at radius 3 is 2.25 bits per heavy atom. The Balaban J connectivity index is 2.64. The van der Waals surface area contributed by atoms with Gasteiger partial charge in [-0.15, -0.1) is 0 Å². The molecular formula is C10H17N3O3. The largest absolute Gasteiger partial charge is 0.368 e. The van der Waals surface area contributed by atoms with Gasteiger partial charge in [0.05, 0.1) is 6.54 Å². The first-order chi connectivity index (χ1) is 7.41. The number of carbonyl (C=O) groups is 3. The third-order valence-electron chi connectivity index (χ3n) is 2.40. The summed E-state index contributed by atoms with van der Waals surface area (Å²) in [7, 11) is 0. The van der Waals surface area contributed by atoms with Crippen LogP contribution in [-0.2, 0) is 14.4 Å². The minimum atomic E-state index is -0.675. The highest BCUT2D eigenvalue weighted by molar-refractivity contribution is 6.02. The topological polar surface area (TPSA) is 92.5 Å². The van der Waals surface area contributed by atoms with Crippen molar-refractivity contribution in [2.24, 2.45) is 5.73 Å². The molecule has 1 unspecified atom stereocenters. The second-order valence-corrected chi connectivity index (χ2v) is 4.17. The summed E-state index contributed by atoms with van der Waals surface area (Å²) in [4.78, 5) is 35.0. The van der Waals surface area contributed by atoms with Crippen molar-refractivity contribution in [3.8, 4) is 0 Å². The van der Waals surface area contributed by atoms with Gasteiger partial charge in [-0.1, -0.05) is 13.8 Å². The molecule has 3 N–H and O–H groups in total. The van der Waals surface area contributed by atoms with Crippen molar-refractivity contribution < 1.29 is 14.4 Å². The minimum Gasteiger partial charge on any atom is -0.368 e. The molecule has 1 aliphatic heterocycles. The lowest BCUT2D eigenvalue weighted by molar-refractivity contribution is -0.139. The average Bonchev–Trinajstić information content (AvgIpc) is 2.47. The summed E-state index contributed by atoms with van der Waals surface area (Å²) >= 11 is 0. The number of nitrogens with one attached hydrogen (secondary N) is 1. The van der Waals surface area contributed by atoms with Crippen LogP contribution in [0.15, 0.2) is 0 Å². The Morgan fingerprint density at radius 2 is 1.88 bits per heavy atom. The van der Waals surface area contributed by atoms with E-state index < -0.39 is 11.9 Å². The van der Waals surface area contributed by atoms with Crippen LogP contribution >= 0.6 is 0 Å². The van der Waals surface area contributed by atoms with E-state index in [1.54, 1.807) is 0 Å². The van der Waals surface area contributed by atoms with E-state index in [0.717, 1.165) is 4.90 Å². The second-order valence-electron chi connectivity index (χ2n) is 4.17. The minimum absolute atomic E-state index is 0.0329. The zero-order valence-electron chi connectivity index (χ0n) is 9.53. The number of amides is 3. The van der Waals surface area contributed by atoms with E-state index in [2.05, 4.69) is 5.32 Å². The lowest BCUT2D eigenvalue weighted by Crippen LogP contribution is -2.52. The highest BCUT2D eigenvalue weighted by atomic mass is 16.2. The zero-order valence-corrected chi connectivity index (χ0v) is 9.53. The zero-order chi connectivity index (χ0) is 12.3. The third kappa shape index (κ3) is 3.03. The van der Waals surface area contributed by atoms with Crippen LogP contribution in [0.5, 0.6) is 0 Å². The molecule has 0 radical (unpaired) electrons. The van der Waals surface area contributed by atoms with E-state index in [9.17, 15) is 14.4 Å². The quantitative estimate of drug-likeness (QED) is 0.588. The molecule has 3 amide bonds. The van der Waals surface area contributed by atoms with Crippen molar-refractivity contribution in [2.45, 2.75) is 38.8 Å². The molecule has 0 aliphatic carbocycles. The van der Waals surface area contributed by atoms with Gasteiger partial charge in [0.1, 0.15) is 6.04 Å². The van der Waals surface area contributed by atoms with Crippen molar-refractivity contribution in [1.82, 2.24) is 10.2 Å². The van der Waals surface area contributed by atoms with Gasteiger partial charge in [0.15, 0.2) is 0 Å². The van der Waals surface area contributed by atoms with E-state index >= 15 is 0 Å². The maximum Gasteiger partial charge on any atom is 0.236 e. The molecule has 1 fully saturated rings. The fraction of sp³-hybridized carbons (Fsp3) is 0.700. The Morgan fingerprint density at radius 1 is 1.38 bits per heavy atom. The summed E-state index contributed by atoms with van der Waals surface area (Å²) in [5, 5.41) is 2.93. The van der Waals surface area contributed by atoms with Gasteiger partial charge >= 0.3 is 0 Å². The number of likely N-dealkylation sites (tertiary alicyclic amines) is 1. The Kier molecular flexibility index (Phi) is 4.00. The van der Waals surface area contributed by atoms with Gasteiger partial charge < -0.3 is 11.1 Å². The molecule has 1 saturated heterocycles. The van der Waals surface area contributed by atoms with Crippen molar-refractivity contribution in [2.75, 3.05) is 6.54 Å². The lowest BCUT2D eigenvalue weighted by atomic mass is 10.2. The standard InChI is InChI=1S/C10H17N3O3/c1-6(2)12-7(10(11)16)5-13-8(14)3-4-9(13)15/h6-7,12H,3-5H2,1-2H3,(H2,11,16). The van der Waals surface area contributed by atoms with E-state index in [-0.39, 0.29) is 37.2 Å². The van der Waals surface area contributed by atoms with Crippen molar-refractivity contribution >= 4 is 17.7 Å². The number of imide groups is 1. The summed E-state index contributed by atoms with van der Waals surface area (Å²) < 4.78 is 0. The van der Waals surface area contributed by atoms with Crippen molar-refractivity contribution in [3.05, 3.63) is 0 Å². The molecule has 0 aromatic carbocycles. The average molecular weight is 227 g/mol. The molecule has 6 nitrogen and oxygen atoms in total. The van der Waals surface area contributed by atoms with Crippen LogP contribution < -0.4 is 11.1 Å². The molecule has 90 valence electrons. The smallest absolute Gasteiger partial charge is 0.236 e. The van der Waals surface area contributed by atoms with Gasteiger partial charge in [0.2, 0.25) is 17.7 Å². The molecule has 6 heteroatoms. The number of hydrogen-bond acceptors (Lipinski definition) is 4. The normalized spacial score (nSPS) is 18.3. The Labute approximate surface area is 94.2 Å². The van der Waals surface area contributed by atoms with Gasteiger partial charge in [-0.05, 0) is 0 Å². The molecular weight excluding hydrogens is 210 g/mol. The summed E-state index contributed by atoms with van der Waals surface area (Å²) in [6.07, 6.45) is 0.456. The molecule has 1 aliphatic rings. The van der Waals surface area contributed by atoms with Gasteiger partial charge in [0, 0.05) is 18.9 Å². The van der Waals surface area contributed by atoms with E-state index in [1.165, 1.54) is 0 Å². The van der Waals surface area contributed by atoms with Crippen LogP contribution in [0.2, 0.25) is 0 Å². The monoisotopic (exact) mass is 227 g/mol. The van der Waals surface area contributed by atoms with Crippen LogP contribution in [0.3, 0.4) is 0 Å². The second kappa shape index (κ2) is 5.07. The number of carbonyl (C=O) groups excluding carboxylic acids is 3. The Hall–Kier alpha value is -1.43. The number of hydrogen-bond donors (Lipinski definition) is 2. The molecule has 0 bridgehead atoms. The maximum atomic E-state index is 11.4. The molecule has 1 heterocycles. The van der Waals surface area contributed by atoms with Crippen LogP contribution in [0.25, 0.3) is 0 Å². The van der Waals surface area contributed by atoms with Gasteiger partial charge in [-0.25, -0.2) is 0 Å². The first kappa shape index (κ1) is 12.6. The first-order valence-corrected chi connectivity index (χ1v) is 5.30. The van der Waals surface area contributed by atoms with Gasteiger partial charge in [-0.3, -0.25) is 19.3 Å². The Bertz CT molecular complexity index is 298. The molecule has 1 rings (SSSR count). The van der Waals surface area contributed by atoms with Crippen LogP contribution in [-0.4, -0.2) is 41.2 Å². The molecule has 16 heavy (non-hydrogen) atoms.